The molecule has 3 N–H and O–H groups in total. The molecule has 26 heavy (non-hydrogen) atoms. The maximum atomic E-state index is 12.5. The van der Waals surface area contributed by atoms with Crippen molar-refractivity contribution >= 4 is 38.6 Å². The monoisotopic (exact) mass is 372 g/mol. The summed E-state index contributed by atoms with van der Waals surface area (Å²) >= 11 is 0. The first-order valence-electron chi connectivity index (χ1n) is 8.11. The molecule has 2 aromatic carbocycles. The minimum absolute atomic E-state index is 0.101. The SMILES string of the molecule is Cc1ccccc1C(=O)Nc1ccc2c(c1)nc(N)n2S(=O)(=O)C(C)C. The average Bonchev–Trinajstić information content (AvgIpc) is 2.90. The number of imidazole rings is 1. The predicted octanol–water partition coefficient (Wildman–Crippen LogP) is 2.77. The average molecular weight is 372 g/mol. The molecule has 0 aliphatic carbocycles. The Morgan fingerprint density at radius 3 is 2.54 bits per heavy atom. The molecule has 0 spiro atoms. The molecule has 0 unspecified atom stereocenters. The van der Waals surface area contributed by atoms with Gasteiger partial charge < -0.3 is 11.1 Å². The molecule has 8 heteroatoms. The van der Waals surface area contributed by atoms with Crippen molar-refractivity contribution in [2.75, 3.05) is 11.1 Å². The second-order valence-corrected chi connectivity index (χ2v) is 8.64. The van der Waals surface area contributed by atoms with Gasteiger partial charge in [-0.25, -0.2) is 17.4 Å². The number of hydrogen-bond acceptors (Lipinski definition) is 5. The molecule has 7 nitrogen and oxygen atoms in total. The summed E-state index contributed by atoms with van der Waals surface area (Å²) in [5, 5.41) is 2.17. The lowest BCUT2D eigenvalue weighted by atomic mass is 10.1. The van der Waals surface area contributed by atoms with Crippen molar-refractivity contribution in [3.05, 3.63) is 53.6 Å². The molecule has 1 aromatic heterocycles. The first-order valence-corrected chi connectivity index (χ1v) is 9.61. The van der Waals surface area contributed by atoms with Crippen molar-refractivity contribution in [3.8, 4) is 0 Å². The van der Waals surface area contributed by atoms with Gasteiger partial charge in [-0.05, 0) is 50.6 Å². The molecule has 1 heterocycles. The third-order valence-electron chi connectivity index (χ3n) is 4.14. The van der Waals surface area contributed by atoms with Crippen LogP contribution in [0.2, 0.25) is 0 Å². The van der Waals surface area contributed by atoms with Gasteiger partial charge in [-0.2, -0.15) is 0 Å². The molecule has 0 atom stereocenters. The molecule has 0 bridgehead atoms. The maximum absolute atomic E-state index is 12.5. The summed E-state index contributed by atoms with van der Waals surface area (Å²) in [6.45, 7) is 5.02. The van der Waals surface area contributed by atoms with E-state index >= 15 is 0 Å². The Labute approximate surface area is 151 Å². The summed E-state index contributed by atoms with van der Waals surface area (Å²) in [5.41, 5.74) is 8.55. The van der Waals surface area contributed by atoms with E-state index in [9.17, 15) is 13.2 Å². The van der Waals surface area contributed by atoms with Crippen molar-refractivity contribution in [1.29, 1.82) is 0 Å². The Kier molecular flexibility index (Phi) is 4.45. The predicted molar refractivity (Wildman–Crippen MR) is 103 cm³/mol. The number of nitrogens with two attached hydrogens (primary N) is 1. The topological polar surface area (TPSA) is 107 Å². The van der Waals surface area contributed by atoms with Crippen molar-refractivity contribution in [1.82, 2.24) is 8.96 Å². The standard InChI is InChI=1S/C18H20N4O3S/c1-11(2)26(24,25)22-16-9-8-13(10-15(16)21-18(22)19)20-17(23)14-7-5-4-6-12(14)3/h4-11H,1-3H3,(H2,19,21)(H,20,23). The van der Waals surface area contributed by atoms with Crippen LogP contribution in [-0.4, -0.2) is 28.5 Å². The van der Waals surface area contributed by atoms with Crippen molar-refractivity contribution in [3.63, 3.8) is 0 Å². The highest BCUT2D eigenvalue weighted by molar-refractivity contribution is 7.90. The van der Waals surface area contributed by atoms with E-state index in [1.807, 2.05) is 19.1 Å². The number of aromatic nitrogens is 2. The van der Waals surface area contributed by atoms with Crippen LogP contribution in [0.25, 0.3) is 11.0 Å². The lowest BCUT2D eigenvalue weighted by Crippen LogP contribution is -2.23. The molecule has 0 saturated carbocycles. The van der Waals surface area contributed by atoms with Crippen LogP contribution >= 0.6 is 0 Å². The van der Waals surface area contributed by atoms with Crippen LogP contribution in [0.3, 0.4) is 0 Å². The molecule has 0 aliphatic rings. The van der Waals surface area contributed by atoms with Gasteiger partial charge in [0.25, 0.3) is 5.91 Å². The van der Waals surface area contributed by atoms with E-state index < -0.39 is 15.3 Å². The number of rotatable bonds is 4. The zero-order valence-electron chi connectivity index (χ0n) is 14.7. The highest BCUT2D eigenvalue weighted by Crippen LogP contribution is 2.25. The van der Waals surface area contributed by atoms with Gasteiger partial charge >= 0.3 is 0 Å². The van der Waals surface area contributed by atoms with E-state index in [2.05, 4.69) is 10.3 Å². The number of nitrogen functional groups attached to an aromatic ring is 1. The summed E-state index contributed by atoms with van der Waals surface area (Å²) < 4.78 is 26.0. The number of anilines is 2. The fourth-order valence-corrected chi connectivity index (χ4v) is 3.81. The number of amides is 1. The number of fused-ring (bicyclic) bond motifs is 1. The number of benzene rings is 2. The largest absolute Gasteiger partial charge is 0.368 e. The van der Waals surface area contributed by atoms with Gasteiger partial charge in [0.1, 0.15) is 0 Å². The first kappa shape index (κ1) is 17.9. The number of hydrogen-bond donors (Lipinski definition) is 2. The summed E-state index contributed by atoms with van der Waals surface area (Å²) in [4.78, 5) is 16.6. The van der Waals surface area contributed by atoms with Crippen LogP contribution in [0.4, 0.5) is 11.6 Å². The van der Waals surface area contributed by atoms with Crippen LogP contribution in [0.1, 0.15) is 29.8 Å². The minimum Gasteiger partial charge on any atom is -0.368 e. The van der Waals surface area contributed by atoms with E-state index in [1.54, 1.807) is 44.2 Å². The maximum Gasteiger partial charge on any atom is 0.255 e. The van der Waals surface area contributed by atoms with Crippen LogP contribution in [0, 0.1) is 6.92 Å². The van der Waals surface area contributed by atoms with Gasteiger partial charge in [-0.3, -0.25) is 4.79 Å². The molecule has 1 amide bonds. The highest BCUT2D eigenvalue weighted by atomic mass is 32.2. The van der Waals surface area contributed by atoms with Crippen molar-refractivity contribution < 1.29 is 13.2 Å². The van der Waals surface area contributed by atoms with Crippen molar-refractivity contribution in [2.45, 2.75) is 26.0 Å². The Hall–Kier alpha value is -2.87. The molecule has 0 radical (unpaired) electrons. The smallest absolute Gasteiger partial charge is 0.255 e. The summed E-state index contributed by atoms with van der Waals surface area (Å²) in [6, 6.07) is 12.1. The molecule has 0 saturated heterocycles. The molecular weight excluding hydrogens is 352 g/mol. The van der Waals surface area contributed by atoms with Gasteiger partial charge in [0.2, 0.25) is 16.0 Å². The number of nitrogens with one attached hydrogen (secondary N) is 1. The molecule has 0 fully saturated rings. The van der Waals surface area contributed by atoms with E-state index in [0.29, 0.717) is 22.3 Å². The van der Waals surface area contributed by atoms with Gasteiger partial charge in [0, 0.05) is 11.3 Å². The quantitative estimate of drug-likeness (QED) is 0.732. The lowest BCUT2D eigenvalue weighted by molar-refractivity contribution is 0.102. The zero-order valence-corrected chi connectivity index (χ0v) is 15.5. The fourth-order valence-electron chi connectivity index (χ4n) is 2.66. The first-order chi connectivity index (χ1) is 12.2. The van der Waals surface area contributed by atoms with E-state index in [-0.39, 0.29) is 11.9 Å². The third kappa shape index (κ3) is 3.03. The normalized spacial score (nSPS) is 11.8. The van der Waals surface area contributed by atoms with Crippen LogP contribution in [0.15, 0.2) is 42.5 Å². The fraction of sp³-hybridized carbons (Fsp3) is 0.222. The van der Waals surface area contributed by atoms with E-state index in [1.165, 1.54) is 0 Å². The van der Waals surface area contributed by atoms with Crippen LogP contribution in [-0.2, 0) is 10.0 Å². The molecular formula is C18H20N4O3S. The Bertz CT molecular complexity index is 1100. The number of aryl methyl sites for hydroxylation is 1. The van der Waals surface area contributed by atoms with Crippen LogP contribution < -0.4 is 11.1 Å². The third-order valence-corrected chi connectivity index (χ3v) is 6.22. The Morgan fingerprint density at radius 2 is 1.88 bits per heavy atom. The molecule has 0 aliphatic heterocycles. The number of carbonyl (C=O) groups is 1. The summed E-state index contributed by atoms with van der Waals surface area (Å²) in [7, 11) is -3.63. The van der Waals surface area contributed by atoms with Gasteiger partial charge in [-0.1, -0.05) is 18.2 Å². The lowest BCUT2D eigenvalue weighted by Gasteiger charge is -2.11. The molecule has 3 rings (SSSR count). The van der Waals surface area contributed by atoms with E-state index in [0.717, 1.165) is 9.54 Å². The molecule has 3 aromatic rings. The van der Waals surface area contributed by atoms with Gasteiger partial charge in [0.15, 0.2) is 0 Å². The second kappa shape index (κ2) is 6.45. The Morgan fingerprint density at radius 1 is 1.19 bits per heavy atom. The number of nitrogens with zero attached hydrogens (tertiary/aromatic N) is 2. The summed E-state index contributed by atoms with van der Waals surface area (Å²) in [6.07, 6.45) is 0. The second-order valence-electron chi connectivity index (χ2n) is 6.30. The molecule has 136 valence electrons. The Balaban J connectivity index is 1.99. The minimum atomic E-state index is -3.63. The summed E-state index contributed by atoms with van der Waals surface area (Å²) in [5.74, 6) is -0.347. The van der Waals surface area contributed by atoms with Crippen molar-refractivity contribution in [2.24, 2.45) is 0 Å². The van der Waals surface area contributed by atoms with Gasteiger partial charge in [-0.15, -0.1) is 0 Å². The van der Waals surface area contributed by atoms with E-state index in [4.69, 9.17) is 5.73 Å². The zero-order chi connectivity index (χ0) is 19.1. The van der Waals surface area contributed by atoms with Crippen LogP contribution in [0.5, 0.6) is 0 Å². The number of carbonyl (C=O) groups excluding carboxylic acids is 1. The van der Waals surface area contributed by atoms with Gasteiger partial charge in [0.05, 0.1) is 16.3 Å². The highest BCUT2D eigenvalue weighted by Gasteiger charge is 2.24.